The van der Waals surface area contributed by atoms with E-state index in [2.05, 4.69) is 15.9 Å². The van der Waals surface area contributed by atoms with Gasteiger partial charge >= 0.3 is 5.97 Å². The number of halogens is 3. The van der Waals surface area contributed by atoms with Gasteiger partial charge in [-0.15, -0.1) is 0 Å². The molecule has 19 heavy (non-hydrogen) atoms. The summed E-state index contributed by atoms with van der Waals surface area (Å²) in [6, 6.07) is 5.30. The van der Waals surface area contributed by atoms with Crippen molar-refractivity contribution in [2.24, 2.45) is 0 Å². The van der Waals surface area contributed by atoms with Crippen molar-refractivity contribution in [3.05, 3.63) is 51.1 Å². The van der Waals surface area contributed by atoms with Crippen LogP contribution in [0.5, 0.6) is 5.75 Å². The van der Waals surface area contributed by atoms with Crippen LogP contribution >= 0.6 is 27.5 Å². The largest absolute Gasteiger partial charge is 0.484 e. The molecule has 0 saturated heterocycles. The highest BCUT2D eigenvalue weighted by Crippen LogP contribution is 2.31. The molecule has 0 fully saturated rings. The minimum Gasteiger partial charge on any atom is -0.484 e. The predicted molar refractivity (Wildman–Crippen MR) is 69.1 cm³/mol. The van der Waals surface area contributed by atoms with Crippen LogP contribution < -0.4 is 4.74 Å². The molecule has 0 amide bonds. The van der Waals surface area contributed by atoms with Crippen molar-refractivity contribution in [2.75, 3.05) is 0 Å². The van der Waals surface area contributed by atoms with E-state index in [0.29, 0.717) is 10.2 Å². The zero-order chi connectivity index (χ0) is 14.0. The standard InChI is InChI=1S/C12H7BrClFO4/c13-7-3-8(14)9(15)4-11(7)18-5-6-1-2-10(19-6)12(16)17/h1-4H,5H2,(H,16,17). The molecule has 0 aliphatic heterocycles. The Morgan fingerprint density at radius 2 is 2.21 bits per heavy atom. The Kier molecular flexibility index (Phi) is 4.11. The van der Waals surface area contributed by atoms with Crippen LogP contribution in [-0.2, 0) is 6.61 Å². The van der Waals surface area contributed by atoms with E-state index in [-0.39, 0.29) is 23.1 Å². The maximum Gasteiger partial charge on any atom is 0.371 e. The van der Waals surface area contributed by atoms with Gasteiger partial charge in [-0.1, -0.05) is 11.6 Å². The van der Waals surface area contributed by atoms with Crippen LogP contribution in [0.15, 0.2) is 33.2 Å². The van der Waals surface area contributed by atoms with Crippen LogP contribution in [0.1, 0.15) is 16.3 Å². The summed E-state index contributed by atoms with van der Waals surface area (Å²) in [5.74, 6) is -1.38. The van der Waals surface area contributed by atoms with Crippen LogP contribution in [0, 0.1) is 5.82 Å². The first-order chi connectivity index (χ1) is 8.97. The van der Waals surface area contributed by atoms with Gasteiger partial charge < -0.3 is 14.3 Å². The molecule has 0 aliphatic carbocycles. The quantitative estimate of drug-likeness (QED) is 0.844. The van der Waals surface area contributed by atoms with Crippen LogP contribution in [0.4, 0.5) is 4.39 Å². The molecular weight excluding hydrogens is 342 g/mol. The molecule has 0 radical (unpaired) electrons. The lowest BCUT2D eigenvalue weighted by Crippen LogP contribution is -1.96. The number of furan rings is 1. The van der Waals surface area contributed by atoms with E-state index < -0.39 is 11.8 Å². The molecule has 2 rings (SSSR count). The SMILES string of the molecule is O=C(O)c1ccc(COc2cc(F)c(Cl)cc2Br)o1. The van der Waals surface area contributed by atoms with Gasteiger partial charge in [0.15, 0.2) is 0 Å². The number of ether oxygens (including phenoxy) is 1. The summed E-state index contributed by atoms with van der Waals surface area (Å²) < 4.78 is 24.1. The minimum atomic E-state index is -1.16. The second kappa shape index (κ2) is 5.63. The Balaban J connectivity index is 2.09. The molecule has 1 heterocycles. The molecule has 2 aromatic rings. The summed E-state index contributed by atoms with van der Waals surface area (Å²) in [6.45, 7) is -0.0209. The molecule has 4 nitrogen and oxygen atoms in total. The van der Waals surface area contributed by atoms with E-state index in [1.807, 2.05) is 0 Å². The first-order valence-electron chi connectivity index (χ1n) is 5.06. The monoisotopic (exact) mass is 348 g/mol. The van der Waals surface area contributed by atoms with Crippen LogP contribution in [0.3, 0.4) is 0 Å². The third-order valence-corrected chi connectivity index (χ3v) is 3.13. The number of carboxylic acids is 1. The molecule has 1 N–H and O–H groups in total. The fraction of sp³-hybridized carbons (Fsp3) is 0.0833. The molecule has 0 saturated carbocycles. The molecule has 0 unspecified atom stereocenters. The van der Waals surface area contributed by atoms with Gasteiger partial charge in [0.2, 0.25) is 5.76 Å². The Bertz CT molecular complexity index is 626. The van der Waals surface area contributed by atoms with Crippen LogP contribution in [0.25, 0.3) is 0 Å². The topological polar surface area (TPSA) is 59.7 Å². The number of hydrogen-bond donors (Lipinski definition) is 1. The van der Waals surface area contributed by atoms with Gasteiger partial charge in [-0.2, -0.15) is 0 Å². The molecular formula is C12H7BrClFO4. The van der Waals surface area contributed by atoms with Crippen molar-refractivity contribution in [3.63, 3.8) is 0 Å². The third kappa shape index (κ3) is 3.27. The lowest BCUT2D eigenvalue weighted by Gasteiger charge is -2.07. The molecule has 0 spiro atoms. The fourth-order valence-corrected chi connectivity index (χ4v) is 2.09. The third-order valence-electron chi connectivity index (χ3n) is 2.22. The zero-order valence-corrected chi connectivity index (χ0v) is 11.7. The van der Waals surface area contributed by atoms with Gasteiger partial charge in [-0.3, -0.25) is 0 Å². The molecule has 0 bridgehead atoms. The van der Waals surface area contributed by atoms with E-state index in [4.69, 9.17) is 25.9 Å². The second-order valence-corrected chi connectivity index (χ2v) is 4.82. The first kappa shape index (κ1) is 13.9. The number of hydrogen-bond acceptors (Lipinski definition) is 3. The van der Waals surface area contributed by atoms with Crippen molar-refractivity contribution in [1.29, 1.82) is 0 Å². The lowest BCUT2D eigenvalue weighted by atomic mass is 10.3. The highest BCUT2D eigenvalue weighted by atomic mass is 79.9. The Hall–Kier alpha value is -1.53. The molecule has 1 aromatic carbocycles. The van der Waals surface area contributed by atoms with Gasteiger partial charge in [0.1, 0.15) is 23.9 Å². The average Bonchev–Trinajstić information content (AvgIpc) is 2.81. The normalized spacial score (nSPS) is 10.5. The highest BCUT2D eigenvalue weighted by molar-refractivity contribution is 9.10. The second-order valence-electron chi connectivity index (χ2n) is 3.56. The van der Waals surface area contributed by atoms with Gasteiger partial charge in [0.05, 0.1) is 9.50 Å². The summed E-state index contributed by atoms with van der Waals surface area (Å²) in [5, 5.41) is 8.67. The lowest BCUT2D eigenvalue weighted by molar-refractivity contribution is 0.0658. The van der Waals surface area contributed by atoms with Crippen molar-refractivity contribution in [2.45, 2.75) is 6.61 Å². The maximum absolute atomic E-state index is 13.3. The van der Waals surface area contributed by atoms with Crippen molar-refractivity contribution < 1.29 is 23.4 Å². The van der Waals surface area contributed by atoms with Crippen LogP contribution in [0.2, 0.25) is 5.02 Å². The highest BCUT2D eigenvalue weighted by Gasteiger charge is 2.11. The Morgan fingerprint density at radius 1 is 1.47 bits per heavy atom. The summed E-state index contributed by atoms with van der Waals surface area (Å²) in [4.78, 5) is 10.6. The molecule has 7 heteroatoms. The Labute approximate surface area is 120 Å². The average molecular weight is 350 g/mol. The molecule has 0 aliphatic rings. The molecule has 100 valence electrons. The molecule has 1 aromatic heterocycles. The van der Waals surface area contributed by atoms with Gasteiger partial charge in [-0.05, 0) is 34.1 Å². The van der Waals surface area contributed by atoms with E-state index in [0.717, 1.165) is 6.07 Å². The van der Waals surface area contributed by atoms with E-state index in [1.54, 1.807) is 0 Å². The first-order valence-corrected chi connectivity index (χ1v) is 6.24. The minimum absolute atomic E-state index is 0.0209. The summed E-state index contributed by atoms with van der Waals surface area (Å²) in [7, 11) is 0. The summed E-state index contributed by atoms with van der Waals surface area (Å²) in [6.07, 6.45) is 0. The van der Waals surface area contributed by atoms with Crippen LogP contribution in [-0.4, -0.2) is 11.1 Å². The van der Waals surface area contributed by atoms with Crippen molar-refractivity contribution >= 4 is 33.5 Å². The number of benzene rings is 1. The summed E-state index contributed by atoms with van der Waals surface area (Å²) >= 11 is 8.78. The Morgan fingerprint density at radius 3 is 2.84 bits per heavy atom. The van der Waals surface area contributed by atoms with E-state index >= 15 is 0 Å². The fourth-order valence-electron chi connectivity index (χ4n) is 1.33. The number of carboxylic acid groups (broad SMARTS) is 1. The number of aromatic carboxylic acids is 1. The van der Waals surface area contributed by atoms with Gasteiger partial charge in [0.25, 0.3) is 0 Å². The zero-order valence-electron chi connectivity index (χ0n) is 9.32. The van der Waals surface area contributed by atoms with Crippen molar-refractivity contribution in [1.82, 2.24) is 0 Å². The number of carbonyl (C=O) groups is 1. The maximum atomic E-state index is 13.3. The number of rotatable bonds is 4. The summed E-state index contributed by atoms with van der Waals surface area (Å²) in [5.41, 5.74) is 0. The smallest absolute Gasteiger partial charge is 0.371 e. The van der Waals surface area contributed by atoms with E-state index in [9.17, 15) is 9.18 Å². The van der Waals surface area contributed by atoms with Crippen molar-refractivity contribution in [3.8, 4) is 5.75 Å². The predicted octanol–water partition coefficient (Wildman–Crippen LogP) is 4.11. The van der Waals surface area contributed by atoms with Gasteiger partial charge in [-0.25, -0.2) is 9.18 Å². The van der Waals surface area contributed by atoms with E-state index in [1.165, 1.54) is 18.2 Å². The molecule has 0 atom stereocenters. The van der Waals surface area contributed by atoms with Gasteiger partial charge in [0, 0.05) is 6.07 Å².